The second-order valence-corrected chi connectivity index (χ2v) is 6.34. The number of carbonyl (C=O) groups is 3. The van der Waals surface area contributed by atoms with Crippen LogP contribution in [0.25, 0.3) is 6.08 Å². The van der Waals surface area contributed by atoms with Crippen molar-refractivity contribution in [2.45, 2.75) is 6.92 Å². The Morgan fingerprint density at radius 1 is 1.26 bits per heavy atom. The number of nitrogens with zero attached hydrogens (tertiary/aromatic N) is 1. The van der Waals surface area contributed by atoms with Crippen molar-refractivity contribution in [3.63, 3.8) is 0 Å². The summed E-state index contributed by atoms with van der Waals surface area (Å²) in [4.78, 5) is 37.4. The average Bonchev–Trinajstić information content (AvgIpc) is 2.86. The number of rotatable bonds is 4. The van der Waals surface area contributed by atoms with Crippen molar-refractivity contribution >= 4 is 41.2 Å². The summed E-state index contributed by atoms with van der Waals surface area (Å²) in [5.41, 5.74) is 1.33. The third-order valence-electron chi connectivity index (χ3n) is 3.85. The van der Waals surface area contributed by atoms with E-state index in [-0.39, 0.29) is 16.3 Å². The molecule has 6 nitrogen and oxygen atoms in total. The number of hydrogen-bond donors (Lipinski definition) is 2. The Balaban J connectivity index is 1.74. The Morgan fingerprint density at radius 3 is 2.70 bits per heavy atom. The number of imide groups is 1. The van der Waals surface area contributed by atoms with Gasteiger partial charge in [-0.2, -0.15) is 0 Å². The molecule has 3 rings (SSSR count). The van der Waals surface area contributed by atoms with Crippen LogP contribution >= 0.6 is 11.6 Å². The Morgan fingerprint density at radius 2 is 2.00 bits per heavy atom. The van der Waals surface area contributed by atoms with Gasteiger partial charge in [0.05, 0.1) is 5.02 Å². The lowest BCUT2D eigenvalue weighted by Gasteiger charge is -2.12. The molecule has 0 spiro atoms. The van der Waals surface area contributed by atoms with Crippen LogP contribution in [-0.2, 0) is 9.59 Å². The molecule has 1 fully saturated rings. The molecule has 0 bridgehead atoms. The molecule has 1 aliphatic rings. The van der Waals surface area contributed by atoms with Crippen LogP contribution in [0.15, 0.2) is 48.2 Å². The predicted octanol–water partition coefficient (Wildman–Crippen LogP) is 3.32. The summed E-state index contributed by atoms with van der Waals surface area (Å²) in [7, 11) is 0. The number of benzene rings is 2. The van der Waals surface area contributed by atoms with Crippen molar-refractivity contribution in [3.05, 3.63) is 70.1 Å². The summed E-state index contributed by atoms with van der Waals surface area (Å²) >= 11 is 5.93. The maximum absolute atomic E-state index is 13.9. The van der Waals surface area contributed by atoms with Crippen LogP contribution in [0.3, 0.4) is 0 Å². The fourth-order valence-corrected chi connectivity index (χ4v) is 2.79. The molecule has 1 aliphatic heterocycles. The largest absolute Gasteiger partial charge is 0.329 e. The van der Waals surface area contributed by atoms with Gasteiger partial charge in [-0.05, 0) is 42.8 Å². The Kier molecular flexibility index (Phi) is 5.23. The monoisotopic (exact) mass is 387 g/mol. The van der Waals surface area contributed by atoms with Gasteiger partial charge in [-0.15, -0.1) is 0 Å². The van der Waals surface area contributed by atoms with E-state index in [1.165, 1.54) is 18.2 Å². The van der Waals surface area contributed by atoms with E-state index in [9.17, 15) is 18.8 Å². The summed E-state index contributed by atoms with van der Waals surface area (Å²) in [6.45, 7) is 1.40. The molecule has 1 saturated heterocycles. The summed E-state index contributed by atoms with van der Waals surface area (Å²) in [5.74, 6) is -1.90. The molecule has 1 heterocycles. The number of carbonyl (C=O) groups excluding carboxylic acids is 3. The summed E-state index contributed by atoms with van der Waals surface area (Å²) in [5, 5.41) is 5.05. The first-order valence-electron chi connectivity index (χ1n) is 8.00. The van der Waals surface area contributed by atoms with Gasteiger partial charge < -0.3 is 10.6 Å². The minimum absolute atomic E-state index is 0.0196. The predicted molar refractivity (Wildman–Crippen MR) is 99.4 cm³/mol. The van der Waals surface area contributed by atoms with Crippen LogP contribution in [0.4, 0.5) is 14.9 Å². The third kappa shape index (κ3) is 4.15. The number of urea groups is 1. The van der Waals surface area contributed by atoms with E-state index in [0.29, 0.717) is 5.69 Å². The number of anilines is 1. The maximum atomic E-state index is 13.9. The Hall–Kier alpha value is -3.19. The lowest BCUT2D eigenvalue weighted by molar-refractivity contribution is -0.127. The van der Waals surface area contributed by atoms with Gasteiger partial charge in [0.25, 0.3) is 5.91 Å². The molecule has 2 aromatic carbocycles. The second kappa shape index (κ2) is 7.59. The number of amides is 4. The van der Waals surface area contributed by atoms with E-state index < -0.39 is 30.2 Å². The average molecular weight is 388 g/mol. The van der Waals surface area contributed by atoms with Crippen molar-refractivity contribution in [3.8, 4) is 0 Å². The van der Waals surface area contributed by atoms with Crippen LogP contribution in [0, 0.1) is 12.7 Å². The lowest BCUT2D eigenvalue weighted by Crippen LogP contribution is -2.38. The molecule has 0 radical (unpaired) electrons. The van der Waals surface area contributed by atoms with Crippen molar-refractivity contribution < 1.29 is 18.8 Å². The highest BCUT2D eigenvalue weighted by Gasteiger charge is 2.35. The van der Waals surface area contributed by atoms with Crippen LogP contribution in [0.2, 0.25) is 5.02 Å². The highest BCUT2D eigenvalue weighted by molar-refractivity contribution is 6.32. The normalized spacial score (nSPS) is 15.2. The van der Waals surface area contributed by atoms with Crippen LogP contribution in [0.5, 0.6) is 0 Å². The van der Waals surface area contributed by atoms with Gasteiger partial charge in [0, 0.05) is 11.3 Å². The minimum Gasteiger partial charge on any atom is -0.325 e. The van der Waals surface area contributed by atoms with Gasteiger partial charge in [0.15, 0.2) is 0 Å². The zero-order chi connectivity index (χ0) is 19.6. The first-order chi connectivity index (χ1) is 12.8. The summed E-state index contributed by atoms with van der Waals surface area (Å²) in [6.07, 6.45) is 1.15. The fourth-order valence-electron chi connectivity index (χ4n) is 2.58. The Labute approximate surface area is 159 Å². The molecule has 138 valence electrons. The summed E-state index contributed by atoms with van der Waals surface area (Å²) < 4.78 is 13.9. The molecule has 0 aromatic heterocycles. The quantitative estimate of drug-likeness (QED) is 0.624. The number of hydrogen-bond acceptors (Lipinski definition) is 3. The van der Waals surface area contributed by atoms with Gasteiger partial charge in [-0.25, -0.2) is 14.1 Å². The molecule has 0 saturated carbocycles. The van der Waals surface area contributed by atoms with E-state index in [1.807, 2.05) is 13.0 Å². The molecular weight excluding hydrogens is 373 g/mol. The molecule has 0 unspecified atom stereocenters. The van der Waals surface area contributed by atoms with Crippen molar-refractivity contribution in [1.29, 1.82) is 0 Å². The molecule has 27 heavy (non-hydrogen) atoms. The first kappa shape index (κ1) is 18.6. The Bertz CT molecular complexity index is 954. The van der Waals surface area contributed by atoms with Crippen LogP contribution in [0.1, 0.15) is 11.1 Å². The molecule has 4 amide bonds. The first-order valence-corrected chi connectivity index (χ1v) is 8.38. The van der Waals surface area contributed by atoms with Gasteiger partial charge in [0.2, 0.25) is 5.91 Å². The van der Waals surface area contributed by atoms with Gasteiger partial charge >= 0.3 is 6.03 Å². The number of aryl methyl sites for hydroxylation is 1. The third-order valence-corrected chi connectivity index (χ3v) is 4.18. The smallest absolute Gasteiger partial charge is 0.325 e. The zero-order valence-corrected chi connectivity index (χ0v) is 15.0. The molecule has 2 aromatic rings. The van der Waals surface area contributed by atoms with E-state index in [0.717, 1.165) is 16.5 Å². The van der Waals surface area contributed by atoms with Crippen LogP contribution < -0.4 is 10.6 Å². The standard InChI is InChI=1S/C19H15ClFN3O3/c1-11-4-2-5-12(8-11)22-17(25)10-24-18(26)16(23-19(24)27)9-13-14(20)6-3-7-15(13)21/h2-9H,10H2,1H3,(H,22,25)(H,23,27)/b16-9-. The lowest BCUT2D eigenvalue weighted by atomic mass is 10.1. The molecule has 2 N–H and O–H groups in total. The fraction of sp³-hybridized carbons (Fsp3) is 0.105. The SMILES string of the molecule is Cc1cccc(NC(=O)CN2C(=O)N/C(=C\c3c(F)cccc3Cl)C2=O)c1. The van der Waals surface area contributed by atoms with Crippen LogP contribution in [-0.4, -0.2) is 29.3 Å². The highest BCUT2D eigenvalue weighted by atomic mass is 35.5. The topological polar surface area (TPSA) is 78.5 Å². The van der Waals surface area contributed by atoms with E-state index in [2.05, 4.69) is 10.6 Å². The van der Waals surface area contributed by atoms with Gasteiger partial charge in [-0.3, -0.25) is 9.59 Å². The van der Waals surface area contributed by atoms with E-state index in [1.54, 1.807) is 18.2 Å². The van der Waals surface area contributed by atoms with Gasteiger partial charge in [0.1, 0.15) is 18.1 Å². The highest BCUT2D eigenvalue weighted by Crippen LogP contribution is 2.23. The van der Waals surface area contributed by atoms with E-state index in [4.69, 9.17) is 11.6 Å². The second-order valence-electron chi connectivity index (χ2n) is 5.93. The van der Waals surface area contributed by atoms with E-state index >= 15 is 0 Å². The zero-order valence-electron chi connectivity index (χ0n) is 14.3. The summed E-state index contributed by atoms with van der Waals surface area (Å²) in [6, 6.07) is 10.4. The number of halogens is 2. The van der Waals surface area contributed by atoms with Gasteiger partial charge in [-0.1, -0.05) is 29.8 Å². The number of nitrogens with one attached hydrogen (secondary N) is 2. The minimum atomic E-state index is -0.766. The molecule has 8 heteroatoms. The molecule has 0 aliphatic carbocycles. The van der Waals surface area contributed by atoms with Crippen molar-refractivity contribution in [2.24, 2.45) is 0 Å². The molecule has 0 atom stereocenters. The molecular formula is C19H15ClFN3O3. The van der Waals surface area contributed by atoms with Crippen molar-refractivity contribution in [1.82, 2.24) is 10.2 Å². The van der Waals surface area contributed by atoms with Crippen molar-refractivity contribution in [2.75, 3.05) is 11.9 Å². The maximum Gasteiger partial charge on any atom is 0.329 e.